The Bertz CT molecular complexity index is 1030. The molecule has 1 heterocycles. The number of anilines is 1. The lowest BCUT2D eigenvalue weighted by Gasteiger charge is -2.12. The maximum Gasteiger partial charge on any atom is 0.257 e. The van der Waals surface area contributed by atoms with Crippen molar-refractivity contribution in [2.24, 2.45) is 0 Å². The first-order valence-corrected chi connectivity index (χ1v) is 10.5. The van der Waals surface area contributed by atoms with Crippen molar-refractivity contribution in [2.75, 3.05) is 11.9 Å². The van der Waals surface area contributed by atoms with Gasteiger partial charge in [0.1, 0.15) is 0 Å². The maximum absolute atomic E-state index is 12.8. The summed E-state index contributed by atoms with van der Waals surface area (Å²) in [6, 6.07) is 8.97. The van der Waals surface area contributed by atoms with E-state index >= 15 is 0 Å². The van der Waals surface area contributed by atoms with Crippen molar-refractivity contribution in [3.8, 4) is 17.0 Å². The number of benzene rings is 2. The molecule has 0 spiro atoms. The van der Waals surface area contributed by atoms with Crippen molar-refractivity contribution in [3.63, 3.8) is 0 Å². The van der Waals surface area contributed by atoms with Crippen LogP contribution in [0, 0.1) is 13.8 Å². The minimum Gasteiger partial charge on any atom is -0.490 e. The summed E-state index contributed by atoms with van der Waals surface area (Å²) in [6.07, 6.45) is 3.06. The number of aromatic nitrogens is 2. The zero-order valence-electron chi connectivity index (χ0n) is 17.1. The molecular weight excluding hydrogens is 425 g/mol. The molecule has 0 bridgehead atoms. The second-order valence-electron chi connectivity index (χ2n) is 7.06. The molecule has 1 amide bonds. The fourth-order valence-electron chi connectivity index (χ4n) is 2.97. The molecule has 158 valence electrons. The lowest BCUT2D eigenvalue weighted by atomic mass is 10.0. The molecule has 1 aromatic heterocycles. The van der Waals surface area contributed by atoms with Crippen LogP contribution in [0.25, 0.3) is 11.3 Å². The summed E-state index contributed by atoms with van der Waals surface area (Å²) in [4.78, 5) is 12.8. The largest absolute Gasteiger partial charge is 0.490 e. The third-order valence-corrected chi connectivity index (χ3v) is 5.18. The van der Waals surface area contributed by atoms with Crippen LogP contribution in [0.3, 0.4) is 0 Å². The molecule has 8 heteroatoms. The van der Waals surface area contributed by atoms with Crippen LogP contribution in [-0.4, -0.2) is 22.8 Å². The van der Waals surface area contributed by atoms with Crippen LogP contribution in [-0.2, 0) is 0 Å². The van der Waals surface area contributed by atoms with Crippen LogP contribution in [0.1, 0.15) is 47.7 Å². The van der Waals surface area contributed by atoms with E-state index in [0.29, 0.717) is 18.1 Å². The van der Waals surface area contributed by atoms with Crippen molar-refractivity contribution in [1.82, 2.24) is 10.3 Å². The van der Waals surface area contributed by atoms with Gasteiger partial charge in [0.2, 0.25) is 5.82 Å². The van der Waals surface area contributed by atoms with E-state index in [1.165, 1.54) is 12.1 Å². The number of nitrogens with one attached hydrogen (secondary N) is 1. The monoisotopic (exact) mass is 447 g/mol. The number of nitrogens with zero attached hydrogens (tertiary/aromatic N) is 2. The molecule has 0 aliphatic heterocycles. The van der Waals surface area contributed by atoms with Crippen molar-refractivity contribution < 1.29 is 14.2 Å². The van der Waals surface area contributed by atoms with Gasteiger partial charge in [-0.1, -0.05) is 60.7 Å². The number of rotatable bonds is 8. The molecule has 0 unspecified atom stereocenters. The van der Waals surface area contributed by atoms with Gasteiger partial charge in [-0.25, -0.2) is 4.63 Å². The van der Waals surface area contributed by atoms with Crippen LogP contribution < -0.4 is 10.1 Å². The van der Waals surface area contributed by atoms with E-state index in [-0.39, 0.29) is 21.4 Å². The number of carbonyl (C=O) groups is 1. The molecule has 0 atom stereocenters. The number of aryl methyl sites for hydroxylation is 2. The predicted octanol–water partition coefficient (Wildman–Crippen LogP) is 6.48. The van der Waals surface area contributed by atoms with E-state index in [0.717, 1.165) is 36.0 Å². The molecule has 2 aromatic carbocycles. The Hall–Kier alpha value is -2.57. The van der Waals surface area contributed by atoms with Gasteiger partial charge in [-0.05, 0) is 54.3 Å². The zero-order valence-corrected chi connectivity index (χ0v) is 18.6. The summed E-state index contributed by atoms with van der Waals surface area (Å²) >= 11 is 12.6. The Balaban J connectivity index is 1.79. The number of unbranched alkanes of at least 4 members (excludes halogenated alkanes) is 2. The van der Waals surface area contributed by atoms with Crippen molar-refractivity contribution in [1.29, 1.82) is 0 Å². The highest BCUT2D eigenvalue weighted by Crippen LogP contribution is 2.35. The Morgan fingerprint density at radius 3 is 2.53 bits per heavy atom. The van der Waals surface area contributed by atoms with Crippen LogP contribution in [0.4, 0.5) is 5.82 Å². The number of carbonyl (C=O) groups excluding carboxylic acids is 1. The molecule has 30 heavy (non-hydrogen) atoms. The van der Waals surface area contributed by atoms with Gasteiger partial charge in [0, 0.05) is 11.1 Å². The number of hydrogen-bond acceptors (Lipinski definition) is 5. The molecule has 0 saturated heterocycles. The van der Waals surface area contributed by atoms with Gasteiger partial charge in [-0.15, -0.1) is 0 Å². The van der Waals surface area contributed by atoms with E-state index in [9.17, 15) is 4.79 Å². The molecular formula is C22H23Cl2N3O3. The van der Waals surface area contributed by atoms with Crippen LogP contribution >= 0.6 is 23.2 Å². The third-order valence-electron chi connectivity index (χ3n) is 4.62. The fourth-order valence-corrected chi connectivity index (χ4v) is 3.57. The van der Waals surface area contributed by atoms with Crippen LogP contribution in [0.15, 0.2) is 35.0 Å². The van der Waals surface area contributed by atoms with Gasteiger partial charge in [0.15, 0.2) is 11.4 Å². The normalized spacial score (nSPS) is 10.8. The molecule has 3 rings (SSSR count). The summed E-state index contributed by atoms with van der Waals surface area (Å²) < 4.78 is 10.6. The standard InChI is InChI=1S/C22H23Cl2N3O3/c1-4-5-6-9-29-20-17(23)11-15(12-18(20)24)22(28)25-21-19(26-30-27-21)16-10-13(2)7-8-14(16)3/h7-8,10-12H,4-6,9H2,1-3H3,(H,25,27,28). The first-order valence-electron chi connectivity index (χ1n) is 9.74. The highest BCUT2D eigenvalue weighted by Gasteiger charge is 2.20. The Morgan fingerprint density at radius 1 is 1.10 bits per heavy atom. The molecule has 0 aliphatic carbocycles. The van der Waals surface area contributed by atoms with Crippen LogP contribution in [0.2, 0.25) is 10.0 Å². The number of hydrogen-bond donors (Lipinski definition) is 1. The lowest BCUT2D eigenvalue weighted by Crippen LogP contribution is -2.13. The van der Waals surface area contributed by atoms with Gasteiger partial charge in [-0.3, -0.25) is 4.79 Å². The minimum atomic E-state index is -0.432. The molecule has 3 aromatic rings. The van der Waals surface area contributed by atoms with Gasteiger partial charge in [0.25, 0.3) is 5.91 Å². The van der Waals surface area contributed by atoms with Gasteiger partial charge in [-0.2, -0.15) is 0 Å². The first-order chi connectivity index (χ1) is 14.4. The predicted molar refractivity (Wildman–Crippen MR) is 119 cm³/mol. The average Bonchev–Trinajstić information content (AvgIpc) is 3.16. The molecule has 0 aliphatic rings. The van der Waals surface area contributed by atoms with Crippen molar-refractivity contribution >= 4 is 34.9 Å². The quantitative estimate of drug-likeness (QED) is 0.399. The summed E-state index contributed by atoms with van der Waals surface area (Å²) in [5.74, 6) is 0.171. The molecule has 6 nitrogen and oxygen atoms in total. The van der Waals surface area contributed by atoms with Gasteiger partial charge >= 0.3 is 0 Å². The molecule has 0 saturated carbocycles. The summed E-state index contributed by atoms with van der Waals surface area (Å²) in [6.45, 7) is 6.56. The smallest absolute Gasteiger partial charge is 0.257 e. The van der Waals surface area contributed by atoms with E-state index < -0.39 is 5.91 Å². The fraction of sp³-hybridized carbons (Fsp3) is 0.318. The molecule has 0 fully saturated rings. The number of halogens is 2. The SMILES string of the molecule is CCCCCOc1c(Cl)cc(C(=O)Nc2nonc2-c2cc(C)ccc2C)cc1Cl. The summed E-state index contributed by atoms with van der Waals surface area (Å²) in [5.41, 5.74) is 3.61. The second kappa shape index (κ2) is 9.96. The molecule has 1 N–H and O–H groups in total. The zero-order chi connectivity index (χ0) is 21.7. The lowest BCUT2D eigenvalue weighted by molar-refractivity contribution is 0.102. The average molecular weight is 448 g/mol. The van der Waals surface area contributed by atoms with Gasteiger partial charge in [0.05, 0.1) is 16.7 Å². The summed E-state index contributed by atoms with van der Waals surface area (Å²) in [7, 11) is 0. The first kappa shape index (κ1) is 22.1. The number of amides is 1. The second-order valence-corrected chi connectivity index (χ2v) is 7.87. The third kappa shape index (κ3) is 5.12. The Labute approximate surface area is 185 Å². The van der Waals surface area contributed by atoms with Crippen molar-refractivity contribution in [3.05, 3.63) is 57.1 Å². The van der Waals surface area contributed by atoms with E-state index in [4.69, 9.17) is 32.6 Å². The maximum atomic E-state index is 12.8. The highest BCUT2D eigenvalue weighted by atomic mass is 35.5. The van der Waals surface area contributed by atoms with E-state index in [2.05, 4.69) is 22.6 Å². The Kier molecular flexibility index (Phi) is 7.34. The van der Waals surface area contributed by atoms with E-state index in [1.807, 2.05) is 32.0 Å². The summed E-state index contributed by atoms with van der Waals surface area (Å²) in [5, 5.41) is 11.1. The minimum absolute atomic E-state index is 0.223. The van der Waals surface area contributed by atoms with E-state index in [1.54, 1.807) is 0 Å². The van der Waals surface area contributed by atoms with Gasteiger partial charge < -0.3 is 10.1 Å². The van der Waals surface area contributed by atoms with Crippen LogP contribution in [0.5, 0.6) is 5.75 Å². The number of ether oxygens (including phenoxy) is 1. The Morgan fingerprint density at radius 2 is 1.83 bits per heavy atom. The highest BCUT2D eigenvalue weighted by molar-refractivity contribution is 6.37. The van der Waals surface area contributed by atoms with Crippen molar-refractivity contribution in [2.45, 2.75) is 40.0 Å². The topological polar surface area (TPSA) is 77.2 Å². The molecule has 0 radical (unpaired) electrons.